The van der Waals surface area contributed by atoms with Crippen molar-refractivity contribution < 1.29 is 35.9 Å². The minimum Gasteiger partial charge on any atom is -0.469 e. The summed E-state index contributed by atoms with van der Waals surface area (Å²) >= 11 is 0. The van der Waals surface area contributed by atoms with Gasteiger partial charge in [-0.05, 0) is 54.6 Å². The Morgan fingerprint density at radius 2 is 1.66 bits per heavy atom. The second kappa shape index (κ2) is 9.52. The Hall–Kier alpha value is -2.55. The van der Waals surface area contributed by atoms with Gasteiger partial charge in [-0.15, -0.1) is 0 Å². The first-order valence-electron chi connectivity index (χ1n) is 10.1. The predicted molar refractivity (Wildman–Crippen MR) is 105 cm³/mol. The Labute approximate surface area is 182 Å². The van der Waals surface area contributed by atoms with Crippen LogP contribution >= 0.6 is 0 Å². The van der Waals surface area contributed by atoms with Crippen LogP contribution in [0, 0.1) is 5.92 Å². The highest BCUT2D eigenvalue weighted by molar-refractivity contribution is 5.69. The minimum absolute atomic E-state index is 0.00762. The zero-order valence-corrected chi connectivity index (χ0v) is 17.3. The van der Waals surface area contributed by atoms with Gasteiger partial charge in [-0.1, -0.05) is 30.3 Å². The van der Waals surface area contributed by atoms with Crippen LogP contribution in [0.5, 0.6) is 0 Å². The van der Waals surface area contributed by atoms with Gasteiger partial charge in [-0.3, -0.25) is 9.69 Å². The van der Waals surface area contributed by atoms with E-state index in [4.69, 9.17) is 4.74 Å². The van der Waals surface area contributed by atoms with Crippen LogP contribution in [-0.2, 0) is 28.4 Å². The number of likely N-dealkylation sites (tertiary alicyclic amines) is 1. The fourth-order valence-electron chi connectivity index (χ4n) is 4.18. The summed E-state index contributed by atoms with van der Waals surface area (Å²) in [5, 5.41) is 0. The number of carbonyl (C=O) groups excluding carboxylic acids is 1. The maximum Gasteiger partial charge on any atom is 0.416 e. The van der Waals surface area contributed by atoms with Crippen molar-refractivity contribution in [3.63, 3.8) is 0 Å². The molecule has 0 bridgehead atoms. The van der Waals surface area contributed by atoms with Gasteiger partial charge < -0.3 is 4.74 Å². The molecule has 0 amide bonds. The largest absolute Gasteiger partial charge is 0.469 e. The van der Waals surface area contributed by atoms with Crippen molar-refractivity contribution in [2.45, 2.75) is 44.2 Å². The fourth-order valence-corrected chi connectivity index (χ4v) is 4.18. The van der Waals surface area contributed by atoms with Crippen LogP contribution in [0.1, 0.15) is 47.6 Å². The van der Waals surface area contributed by atoms with Gasteiger partial charge in [-0.2, -0.15) is 26.3 Å². The van der Waals surface area contributed by atoms with Crippen LogP contribution in [0.15, 0.2) is 48.5 Å². The van der Waals surface area contributed by atoms with Gasteiger partial charge in [0.2, 0.25) is 0 Å². The molecule has 0 saturated carbocycles. The quantitative estimate of drug-likeness (QED) is 0.392. The van der Waals surface area contributed by atoms with E-state index in [2.05, 4.69) is 0 Å². The van der Waals surface area contributed by atoms with Crippen molar-refractivity contribution in [2.75, 3.05) is 13.7 Å². The number of esters is 1. The Morgan fingerprint density at radius 1 is 1.00 bits per heavy atom. The van der Waals surface area contributed by atoms with E-state index in [9.17, 15) is 31.1 Å². The van der Waals surface area contributed by atoms with Crippen molar-refractivity contribution >= 4 is 5.97 Å². The normalized spacial score (nSPS) is 20.2. The summed E-state index contributed by atoms with van der Waals surface area (Å²) < 4.78 is 83.9. The summed E-state index contributed by atoms with van der Waals surface area (Å²) in [5.41, 5.74) is -0.861. The maximum atomic E-state index is 13.4. The first-order valence-corrected chi connectivity index (χ1v) is 10.1. The topological polar surface area (TPSA) is 29.5 Å². The summed E-state index contributed by atoms with van der Waals surface area (Å²) in [7, 11) is 1.28. The highest BCUT2D eigenvalue weighted by Gasteiger charge is 2.36. The van der Waals surface area contributed by atoms with Crippen molar-refractivity contribution in [3.8, 4) is 0 Å². The van der Waals surface area contributed by atoms with Crippen molar-refractivity contribution in [3.05, 3.63) is 70.8 Å². The average Bonchev–Trinajstić information content (AvgIpc) is 2.74. The molecule has 32 heavy (non-hydrogen) atoms. The van der Waals surface area contributed by atoms with Crippen LogP contribution in [-0.4, -0.2) is 24.5 Å². The Morgan fingerprint density at radius 3 is 2.25 bits per heavy atom. The first kappa shape index (κ1) is 24.1. The van der Waals surface area contributed by atoms with E-state index in [0.717, 1.165) is 18.2 Å². The molecule has 1 fully saturated rings. The smallest absolute Gasteiger partial charge is 0.416 e. The van der Waals surface area contributed by atoms with Gasteiger partial charge >= 0.3 is 18.3 Å². The SMILES string of the molecule is COC(=O)CC1CCN(Cc2ccccc2C(F)(F)F)C(c2ccc(C(F)(F)F)cc2)C1. The highest BCUT2D eigenvalue weighted by Crippen LogP contribution is 2.40. The number of rotatable bonds is 5. The number of alkyl halides is 6. The number of piperidine rings is 1. The van der Waals surface area contributed by atoms with Crippen LogP contribution < -0.4 is 0 Å². The number of hydrogen-bond donors (Lipinski definition) is 0. The molecular formula is C23H23F6NO2. The zero-order valence-electron chi connectivity index (χ0n) is 17.3. The number of nitrogens with zero attached hydrogens (tertiary/aromatic N) is 1. The molecule has 9 heteroatoms. The molecule has 0 radical (unpaired) electrons. The summed E-state index contributed by atoms with van der Waals surface area (Å²) in [4.78, 5) is 13.6. The van der Waals surface area contributed by atoms with E-state index in [1.54, 1.807) is 0 Å². The van der Waals surface area contributed by atoms with E-state index in [1.807, 2.05) is 4.90 Å². The van der Waals surface area contributed by atoms with E-state index < -0.39 is 35.5 Å². The zero-order chi connectivity index (χ0) is 23.5. The number of carbonyl (C=O) groups is 1. The molecule has 0 aliphatic carbocycles. The average molecular weight is 459 g/mol. The van der Waals surface area contributed by atoms with E-state index in [1.165, 1.54) is 37.4 Å². The number of methoxy groups -OCH3 is 1. The Balaban J connectivity index is 1.90. The molecule has 0 spiro atoms. The predicted octanol–water partition coefficient (Wildman–Crippen LogP) is 6.24. The maximum absolute atomic E-state index is 13.4. The van der Waals surface area contributed by atoms with Gasteiger partial charge in [0.25, 0.3) is 0 Å². The minimum atomic E-state index is -4.51. The van der Waals surface area contributed by atoms with Gasteiger partial charge in [0.15, 0.2) is 0 Å². The van der Waals surface area contributed by atoms with Gasteiger partial charge in [0.05, 0.1) is 18.2 Å². The third-order valence-corrected chi connectivity index (χ3v) is 5.82. The van der Waals surface area contributed by atoms with Crippen LogP contribution in [0.4, 0.5) is 26.3 Å². The summed E-state index contributed by atoms with van der Waals surface area (Å²) in [5.74, 6) is -0.471. The molecule has 2 aromatic carbocycles. The standard InChI is InChI=1S/C23H23F6NO2/c1-32-21(31)13-15-10-11-30(14-17-4-2-3-5-19(17)23(27,28)29)20(12-15)16-6-8-18(9-7-16)22(24,25)26/h2-9,15,20H,10-14H2,1H3. The molecule has 2 unspecified atom stereocenters. The van der Waals surface area contributed by atoms with Crippen molar-refractivity contribution in [1.82, 2.24) is 4.90 Å². The number of ether oxygens (including phenoxy) is 1. The number of benzene rings is 2. The molecule has 3 nitrogen and oxygen atoms in total. The van der Waals surface area contributed by atoms with E-state index >= 15 is 0 Å². The molecule has 1 aliphatic rings. The van der Waals surface area contributed by atoms with Gasteiger partial charge in [0, 0.05) is 19.0 Å². The summed E-state index contributed by atoms with van der Waals surface area (Å²) in [6.07, 6.45) is -7.84. The monoisotopic (exact) mass is 459 g/mol. The lowest BCUT2D eigenvalue weighted by Gasteiger charge is -2.40. The third kappa shape index (κ3) is 5.82. The van der Waals surface area contributed by atoms with Gasteiger partial charge in [-0.25, -0.2) is 0 Å². The molecule has 174 valence electrons. The molecule has 0 aromatic heterocycles. The molecule has 2 aromatic rings. The summed E-state index contributed by atoms with van der Waals surface area (Å²) in [6, 6.07) is 9.51. The molecule has 1 saturated heterocycles. The fraction of sp³-hybridized carbons (Fsp3) is 0.435. The van der Waals surface area contributed by atoms with E-state index in [0.29, 0.717) is 24.9 Å². The first-order chi connectivity index (χ1) is 15.0. The van der Waals surface area contributed by atoms with E-state index in [-0.39, 0.29) is 24.4 Å². The molecule has 1 aliphatic heterocycles. The van der Waals surface area contributed by atoms with Crippen LogP contribution in [0.25, 0.3) is 0 Å². The molecular weight excluding hydrogens is 436 g/mol. The third-order valence-electron chi connectivity index (χ3n) is 5.82. The van der Waals surface area contributed by atoms with Crippen molar-refractivity contribution in [2.24, 2.45) is 5.92 Å². The Kier molecular flexibility index (Phi) is 7.17. The lowest BCUT2D eigenvalue weighted by atomic mass is 9.84. The Bertz CT molecular complexity index is 923. The van der Waals surface area contributed by atoms with Crippen LogP contribution in [0.2, 0.25) is 0 Å². The number of halogens is 6. The molecule has 1 heterocycles. The van der Waals surface area contributed by atoms with Crippen molar-refractivity contribution in [1.29, 1.82) is 0 Å². The second-order valence-electron chi connectivity index (χ2n) is 7.93. The molecule has 2 atom stereocenters. The number of hydrogen-bond acceptors (Lipinski definition) is 3. The molecule has 0 N–H and O–H groups in total. The highest BCUT2D eigenvalue weighted by atomic mass is 19.4. The summed E-state index contributed by atoms with van der Waals surface area (Å²) in [6.45, 7) is 0.395. The lowest BCUT2D eigenvalue weighted by Crippen LogP contribution is -2.37. The second-order valence-corrected chi connectivity index (χ2v) is 7.93. The molecule has 3 rings (SSSR count). The lowest BCUT2D eigenvalue weighted by molar-refractivity contribution is -0.142. The van der Waals surface area contributed by atoms with Crippen LogP contribution in [0.3, 0.4) is 0 Å². The van der Waals surface area contributed by atoms with Gasteiger partial charge in [0.1, 0.15) is 0 Å².